The summed E-state index contributed by atoms with van der Waals surface area (Å²) in [4.78, 5) is 11.6. The molecule has 0 amide bonds. The van der Waals surface area contributed by atoms with Crippen LogP contribution in [0.3, 0.4) is 0 Å². The normalized spacial score (nSPS) is 44.4. The molecule has 2 rings (SSSR count). The minimum absolute atomic E-state index is 0.0986. The van der Waals surface area contributed by atoms with Crippen LogP contribution in [-0.2, 0) is 4.79 Å². The van der Waals surface area contributed by atoms with E-state index in [0.29, 0.717) is 0 Å². The van der Waals surface area contributed by atoms with Gasteiger partial charge in [0.05, 0.1) is 5.92 Å². The van der Waals surface area contributed by atoms with E-state index < -0.39 is 18.1 Å². The molecule has 5 unspecified atom stereocenters. The Kier molecular flexibility index (Phi) is 1.89. The highest BCUT2D eigenvalue weighted by Gasteiger charge is 2.68. The van der Waals surface area contributed by atoms with Gasteiger partial charge in [0.15, 0.2) is 12.1 Å². The van der Waals surface area contributed by atoms with Crippen LogP contribution in [0.1, 0.15) is 0 Å². The third-order valence-electron chi connectivity index (χ3n) is 3.26. The van der Waals surface area contributed by atoms with Crippen molar-refractivity contribution in [3.8, 4) is 24.7 Å². The van der Waals surface area contributed by atoms with E-state index in [4.69, 9.17) is 23.1 Å². The van der Waals surface area contributed by atoms with Crippen molar-refractivity contribution in [3.05, 3.63) is 0 Å². The first-order valence-electron chi connectivity index (χ1n) is 4.45. The molecule has 0 heterocycles. The lowest BCUT2D eigenvalue weighted by atomic mass is 9.89. The smallest absolute Gasteiger partial charge is 0.155 e. The summed E-state index contributed by atoms with van der Waals surface area (Å²) in [5, 5.41) is 17.9. The van der Waals surface area contributed by atoms with Crippen molar-refractivity contribution in [3.63, 3.8) is 0 Å². The van der Waals surface area contributed by atoms with Gasteiger partial charge in [0, 0.05) is 17.8 Å². The topological polar surface area (TPSA) is 57.5 Å². The Morgan fingerprint density at radius 2 is 1.93 bits per heavy atom. The molecule has 0 aromatic carbocycles. The summed E-state index contributed by atoms with van der Waals surface area (Å²) in [7, 11) is 0. The highest BCUT2D eigenvalue weighted by Crippen LogP contribution is 2.61. The second-order valence-electron chi connectivity index (χ2n) is 3.83. The van der Waals surface area contributed by atoms with Crippen LogP contribution in [0.25, 0.3) is 0 Å². The molecule has 2 fully saturated rings. The average Bonchev–Trinajstić information content (AvgIpc) is 2.81. The number of carbonyl (C=O) groups excluding carboxylic acids is 1. The van der Waals surface area contributed by atoms with E-state index in [1.165, 1.54) is 0 Å². The molecule has 3 nitrogen and oxygen atoms in total. The lowest BCUT2D eigenvalue weighted by Gasteiger charge is -2.14. The monoisotopic (exact) mass is 190 g/mol. The van der Waals surface area contributed by atoms with Crippen molar-refractivity contribution >= 4 is 5.78 Å². The number of hydrogen-bond donors (Lipinski definition) is 2. The van der Waals surface area contributed by atoms with Gasteiger partial charge in [-0.3, -0.25) is 4.79 Å². The van der Waals surface area contributed by atoms with Crippen LogP contribution in [-0.4, -0.2) is 22.3 Å². The number of aliphatic hydroxyl groups excluding tert-OH is 1. The maximum atomic E-state index is 11.6. The molecule has 14 heavy (non-hydrogen) atoms. The SMILES string of the molecule is C#CC1C(=O)C2C(C(O)O)C2C1C#C. The number of ketones is 1. The van der Waals surface area contributed by atoms with Crippen LogP contribution in [0.2, 0.25) is 0 Å². The summed E-state index contributed by atoms with van der Waals surface area (Å²) in [5.41, 5.74) is 0. The summed E-state index contributed by atoms with van der Waals surface area (Å²) in [6.07, 6.45) is 9.03. The quantitative estimate of drug-likeness (QED) is 0.422. The minimum atomic E-state index is -1.46. The zero-order valence-electron chi connectivity index (χ0n) is 7.42. The van der Waals surface area contributed by atoms with Crippen LogP contribution in [0.5, 0.6) is 0 Å². The summed E-state index contributed by atoms with van der Waals surface area (Å²) in [6.45, 7) is 0. The van der Waals surface area contributed by atoms with Crippen molar-refractivity contribution in [2.45, 2.75) is 6.29 Å². The third kappa shape index (κ3) is 0.944. The second kappa shape index (κ2) is 2.85. The Bertz CT molecular complexity index is 358. The fourth-order valence-corrected chi connectivity index (χ4v) is 2.59. The molecule has 5 atom stereocenters. The molecule has 0 aliphatic heterocycles. The fraction of sp³-hybridized carbons (Fsp3) is 0.545. The predicted molar refractivity (Wildman–Crippen MR) is 48.3 cm³/mol. The van der Waals surface area contributed by atoms with E-state index in [0.717, 1.165) is 0 Å². The van der Waals surface area contributed by atoms with E-state index in [1.807, 2.05) is 0 Å². The number of hydrogen-bond acceptors (Lipinski definition) is 3. The molecular formula is C11H10O3. The van der Waals surface area contributed by atoms with E-state index in [2.05, 4.69) is 11.8 Å². The van der Waals surface area contributed by atoms with Crippen molar-refractivity contribution in [2.24, 2.45) is 29.6 Å². The van der Waals surface area contributed by atoms with Crippen molar-refractivity contribution < 1.29 is 15.0 Å². The Balaban J connectivity index is 2.24. The Morgan fingerprint density at radius 3 is 2.36 bits per heavy atom. The Hall–Kier alpha value is -1.29. The van der Waals surface area contributed by atoms with Crippen LogP contribution < -0.4 is 0 Å². The minimum Gasteiger partial charge on any atom is -0.368 e. The first-order chi connectivity index (χ1) is 6.63. The van der Waals surface area contributed by atoms with E-state index >= 15 is 0 Å². The van der Waals surface area contributed by atoms with Gasteiger partial charge in [-0.25, -0.2) is 0 Å². The van der Waals surface area contributed by atoms with Gasteiger partial charge in [-0.1, -0.05) is 5.92 Å². The van der Waals surface area contributed by atoms with Gasteiger partial charge >= 0.3 is 0 Å². The van der Waals surface area contributed by atoms with Gasteiger partial charge < -0.3 is 10.2 Å². The molecule has 3 heteroatoms. The molecule has 2 aliphatic carbocycles. The molecule has 0 spiro atoms. The number of carbonyl (C=O) groups is 1. The first kappa shape index (κ1) is 9.27. The van der Waals surface area contributed by atoms with E-state index in [1.54, 1.807) is 0 Å². The highest BCUT2D eigenvalue weighted by atomic mass is 16.5. The van der Waals surface area contributed by atoms with Crippen LogP contribution >= 0.6 is 0 Å². The lowest BCUT2D eigenvalue weighted by Crippen LogP contribution is -2.24. The molecule has 72 valence electrons. The largest absolute Gasteiger partial charge is 0.368 e. The second-order valence-corrected chi connectivity index (χ2v) is 3.83. The molecular weight excluding hydrogens is 180 g/mol. The van der Waals surface area contributed by atoms with Crippen LogP contribution in [0, 0.1) is 54.3 Å². The number of rotatable bonds is 1. The zero-order chi connectivity index (χ0) is 10.5. The van der Waals surface area contributed by atoms with Crippen LogP contribution in [0.15, 0.2) is 0 Å². The van der Waals surface area contributed by atoms with Gasteiger partial charge in [-0.05, 0) is 5.92 Å². The molecule has 0 saturated heterocycles. The number of Topliss-reactive ketones (excluding diaryl/α,β-unsaturated/α-hetero) is 1. The Labute approximate surface area is 82.1 Å². The van der Waals surface area contributed by atoms with Crippen molar-refractivity contribution in [1.82, 2.24) is 0 Å². The number of terminal acetylenes is 2. The summed E-state index contributed by atoms with van der Waals surface area (Å²) in [6, 6.07) is 0. The molecule has 0 bridgehead atoms. The highest BCUT2D eigenvalue weighted by molar-refractivity contribution is 5.93. The van der Waals surface area contributed by atoms with Gasteiger partial charge in [0.2, 0.25) is 0 Å². The molecule has 0 aromatic heterocycles. The number of fused-ring (bicyclic) bond motifs is 1. The summed E-state index contributed by atoms with van der Waals surface area (Å²) < 4.78 is 0. The first-order valence-corrected chi connectivity index (χ1v) is 4.45. The fourth-order valence-electron chi connectivity index (χ4n) is 2.59. The van der Waals surface area contributed by atoms with Gasteiger partial charge in [0.1, 0.15) is 0 Å². The summed E-state index contributed by atoms with van der Waals surface area (Å²) in [5.74, 6) is 3.09. The zero-order valence-corrected chi connectivity index (χ0v) is 7.42. The Morgan fingerprint density at radius 1 is 1.29 bits per heavy atom. The number of aliphatic hydroxyl groups is 2. The van der Waals surface area contributed by atoms with E-state index in [9.17, 15) is 4.79 Å². The molecule has 2 N–H and O–H groups in total. The van der Waals surface area contributed by atoms with Crippen molar-refractivity contribution in [1.29, 1.82) is 0 Å². The average molecular weight is 190 g/mol. The molecule has 2 aliphatic rings. The van der Waals surface area contributed by atoms with Crippen molar-refractivity contribution in [2.75, 3.05) is 0 Å². The standard InChI is InChI=1S/C11H10O3/c1-3-5-6(4-2)10(12)8-7(5)9(8)11(13)14/h1-2,5-9,11,13-14H. The molecule has 0 aromatic rings. The predicted octanol–water partition coefficient (Wildman–Crippen LogP) is -0.759. The maximum Gasteiger partial charge on any atom is 0.155 e. The molecule has 2 saturated carbocycles. The maximum absolute atomic E-state index is 11.6. The molecule has 0 radical (unpaired) electrons. The van der Waals surface area contributed by atoms with Gasteiger partial charge in [-0.15, -0.1) is 18.8 Å². The summed E-state index contributed by atoms with van der Waals surface area (Å²) >= 11 is 0. The lowest BCUT2D eigenvalue weighted by molar-refractivity contribution is -0.125. The van der Waals surface area contributed by atoms with Gasteiger partial charge in [0.25, 0.3) is 0 Å². The van der Waals surface area contributed by atoms with E-state index in [-0.39, 0.29) is 23.5 Å². The third-order valence-corrected chi connectivity index (χ3v) is 3.26. The van der Waals surface area contributed by atoms with Crippen LogP contribution in [0.4, 0.5) is 0 Å². The van der Waals surface area contributed by atoms with Gasteiger partial charge in [-0.2, -0.15) is 0 Å².